The Morgan fingerprint density at radius 2 is 1.71 bits per heavy atom. The summed E-state index contributed by atoms with van der Waals surface area (Å²) < 4.78 is 10.7. The highest BCUT2D eigenvalue weighted by atomic mass is 16.5. The van der Waals surface area contributed by atoms with Crippen LogP contribution in [0, 0.1) is 13.8 Å². The standard InChI is InChI=1S/C14H20O3/c1-11-8-13(10-15)9-12(2)14(11)17-7-5-4-6-16-3/h8-10H,4-7H2,1-3H3. The van der Waals surface area contributed by atoms with Crippen molar-refractivity contribution in [2.45, 2.75) is 26.7 Å². The average molecular weight is 236 g/mol. The van der Waals surface area contributed by atoms with E-state index in [2.05, 4.69) is 0 Å². The zero-order valence-electron chi connectivity index (χ0n) is 10.8. The molecule has 0 bridgehead atoms. The van der Waals surface area contributed by atoms with Gasteiger partial charge in [0, 0.05) is 19.3 Å². The van der Waals surface area contributed by atoms with Gasteiger partial charge in [-0.2, -0.15) is 0 Å². The molecule has 0 heterocycles. The maximum absolute atomic E-state index is 10.7. The molecule has 0 aliphatic carbocycles. The smallest absolute Gasteiger partial charge is 0.150 e. The second kappa shape index (κ2) is 7.07. The molecule has 1 aromatic rings. The van der Waals surface area contributed by atoms with Gasteiger partial charge in [0.05, 0.1) is 6.61 Å². The van der Waals surface area contributed by atoms with Crippen LogP contribution in [0.5, 0.6) is 5.75 Å². The summed E-state index contributed by atoms with van der Waals surface area (Å²) in [6, 6.07) is 3.70. The second-order valence-electron chi connectivity index (χ2n) is 4.15. The van der Waals surface area contributed by atoms with Crippen molar-refractivity contribution in [1.29, 1.82) is 0 Å². The molecule has 0 fully saturated rings. The van der Waals surface area contributed by atoms with Crippen LogP contribution in [-0.2, 0) is 4.74 Å². The van der Waals surface area contributed by atoms with Gasteiger partial charge in [0.1, 0.15) is 12.0 Å². The van der Waals surface area contributed by atoms with Gasteiger partial charge in [-0.1, -0.05) is 0 Å². The fourth-order valence-corrected chi connectivity index (χ4v) is 1.80. The van der Waals surface area contributed by atoms with Crippen LogP contribution in [0.25, 0.3) is 0 Å². The van der Waals surface area contributed by atoms with Crippen molar-refractivity contribution in [2.75, 3.05) is 20.3 Å². The van der Waals surface area contributed by atoms with Gasteiger partial charge in [-0.05, 0) is 49.9 Å². The van der Waals surface area contributed by atoms with Crippen LogP contribution in [0.15, 0.2) is 12.1 Å². The molecule has 1 rings (SSSR count). The minimum Gasteiger partial charge on any atom is -0.493 e. The Hall–Kier alpha value is -1.35. The molecule has 94 valence electrons. The highest BCUT2D eigenvalue weighted by Gasteiger charge is 2.05. The van der Waals surface area contributed by atoms with Gasteiger partial charge < -0.3 is 9.47 Å². The lowest BCUT2D eigenvalue weighted by Gasteiger charge is -2.12. The summed E-state index contributed by atoms with van der Waals surface area (Å²) in [5, 5.41) is 0. The molecule has 0 aromatic heterocycles. The summed E-state index contributed by atoms with van der Waals surface area (Å²) in [4.78, 5) is 10.7. The Balaban J connectivity index is 2.56. The number of rotatable bonds is 7. The van der Waals surface area contributed by atoms with Crippen LogP contribution in [0.2, 0.25) is 0 Å². The molecule has 0 unspecified atom stereocenters. The summed E-state index contributed by atoms with van der Waals surface area (Å²) in [7, 11) is 1.70. The monoisotopic (exact) mass is 236 g/mol. The maximum atomic E-state index is 10.7. The van der Waals surface area contributed by atoms with Crippen LogP contribution in [0.1, 0.15) is 34.3 Å². The van der Waals surface area contributed by atoms with E-state index in [0.29, 0.717) is 12.2 Å². The number of aldehydes is 1. The van der Waals surface area contributed by atoms with Crippen molar-refractivity contribution in [3.63, 3.8) is 0 Å². The molecule has 0 atom stereocenters. The zero-order valence-corrected chi connectivity index (χ0v) is 10.8. The second-order valence-corrected chi connectivity index (χ2v) is 4.15. The van der Waals surface area contributed by atoms with Crippen molar-refractivity contribution in [2.24, 2.45) is 0 Å². The van der Waals surface area contributed by atoms with Crippen molar-refractivity contribution in [3.8, 4) is 5.75 Å². The third kappa shape index (κ3) is 4.19. The van der Waals surface area contributed by atoms with E-state index < -0.39 is 0 Å². The molecule has 0 saturated carbocycles. The molecule has 17 heavy (non-hydrogen) atoms. The third-order valence-corrected chi connectivity index (χ3v) is 2.61. The predicted octanol–water partition coefficient (Wildman–Crippen LogP) is 2.92. The molecule has 0 spiro atoms. The first kappa shape index (κ1) is 13.7. The van der Waals surface area contributed by atoms with E-state index in [1.165, 1.54) is 0 Å². The maximum Gasteiger partial charge on any atom is 0.150 e. The number of aryl methyl sites for hydroxylation is 2. The van der Waals surface area contributed by atoms with Gasteiger partial charge in [-0.15, -0.1) is 0 Å². The van der Waals surface area contributed by atoms with Crippen LogP contribution in [-0.4, -0.2) is 26.6 Å². The summed E-state index contributed by atoms with van der Waals surface area (Å²) in [5.74, 6) is 0.896. The number of unbranched alkanes of at least 4 members (excludes halogenated alkanes) is 1. The predicted molar refractivity (Wildman–Crippen MR) is 67.9 cm³/mol. The Bertz CT molecular complexity index is 349. The quantitative estimate of drug-likeness (QED) is 0.539. The van der Waals surface area contributed by atoms with E-state index in [-0.39, 0.29) is 0 Å². The van der Waals surface area contributed by atoms with Gasteiger partial charge in [-0.25, -0.2) is 0 Å². The van der Waals surface area contributed by atoms with Crippen molar-refractivity contribution >= 4 is 6.29 Å². The van der Waals surface area contributed by atoms with Crippen LogP contribution in [0.4, 0.5) is 0 Å². The Labute approximate surface area is 103 Å². The molecule has 3 heteroatoms. The fraction of sp³-hybridized carbons (Fsp3) is 0.500. The zero-order chi connectivity index (χ0) is 12.7. The topological polar surface area (TPSA) is 35.5 Å². The number of hydrogen-bond acceptors (Lipinski definition) is 3. The van der Waals surface area contributed by atoms with Crippen molar-refractivity contribution < 1.29 is 14.3 Å². The minimum absolute atomic E-state index is 0.686. The molecule has 0 radical (unpaired) electrons. The first-order chi connectivity index (χ1) is 8.19. The van der Waals surface area contributed by atoms with Crippen LogP contribution >= 0.6 is 0 Å². The van der Waals surface area contributed by atoms with Crippen molar-refractivity contribution in [3.05, 3.63) is 28.8 Å². The molecule has 0 amide bonds. The highest BCUT2D eigenvalue weighted by Crippen LogP contribution is 2.24. The lowest BCUT2D eigenvalue weighted by Crippen LogP contribution is -2.02. The summed E-state index contributed by atoms with van der Waals surface area (Å²) in [6.45, 7) is 5.38. The van der Waals surface area contributed by atoms with Gasteiger partial charge in [0.2, 0.25) is 0 Å². The van der Waals surface area contributed by atoms with E-state index in [9.17, 15) is 4.79 Å². The van der Waals surface area contributed by atoms with E-state index in [1.807, 2.05) is 26.0 Å². The van der Waals surface area contributed by atoms with Gasteiger partial charge in [-0.3, -0.25) is 4.79 Å². The molecule has 3 nitrogen and oxygen atoms in total. The normalized spacial score (nSPS) is 10.3. The Kier molecular flexibility index (Phi) is 5.70. The summed E-state index contributed by atoms with van der Waals surface area (Å²) >= 11 is 0. The third-order valence-electron chi connectivity index (χ3n) is 2.61. The fourth-order valence-electron chi connectivity index (χ4n) is 1.80. The molecular formula is C14H20O3. The SMILES string of the molecule is COCCCCOc1c(C)cc(C=O)cc1C. The van der Waals surface area contributed by atoms with E-state index >= 15 is 0 Å². The molecule has 0 saturated heterocycles. The Morgan fingerprint density at radius 1 is 1.12 bits per heavy atom. The molecular weight excluding hydrogens is 216 g/mol. The lowest BCUT2D eigenvalue weighted by molar-refractivity contribution is 0.112. The minimum atomic E-state index is 0.686. The number of hydrogen-bond donors (Lipinski definition) is 0. The highest BCUT2D eigenvalue weighted by molar-refractivity contribution is 5.76. The van der Waals surface area contributed by atoms with Crippen LogP contribution < -0.4 is 4.74 Å². The number of methoxy groups -OCH3 is 1. The molecule has 0 aliphatic heterocycles. The van der Waals surface area contributed by atoms with Crippen molar-refractivity contribution in [1.82, 2.24) is 0 Å². The van der Waals surface area contributed by atoms with E-state index in [0.717, 1.165) is 42.6 Å². The average Bonchev–Trinajstić information content (AvgIpc) is 2.31. The van der Waals surface area contributed by atoms with Gasteiger partial charge >= 0.3 is 0 Å². The first-order valence-electron chi connectivity index (χ1n) is 5.87. The molecule has 0 aliphatic rings. The summed E-state index contributed by atoms with van der Waals surface area (Å²) in [5.41, 5.74) is 2.73. The summed E-state index contributed by atoms with van der Waals surface area (Å²) in [6.07, 6.45) is 2.84. The number of ether oxygens (including phenoxy) is 2. The lowest BCUT2D eigenvalue weighted by atomic mass is 10.1. The molecule has 0 N–H and O–H groups in total. The van der Waals surface area contributed by atoms with Gasteiger partial charge in [0.25, 0.3) is 0 Å². The number of benzene rings is 1. The Morgan fingerprint density at radius 3 is 2.24 bits per heavy atom. The van der Waals surface area contributed by atoms with Crippen LogP contribution in [0.3, 0.4) is 0 Å². The molecule has 1 aromatic carbocycles. The van der Waals surface area contributed by atoms with E-state index in [1.54, 1.807) is 7.11 Å². The van der Waals surface area contributed by atoms with E-state index in [4.69, 9.17) is 9.47 Å². The largest absolute Gasteiger partial charge is 0.493 e. The first-order valence-corrected chi connectivity index (χ1v) is 5.87. The van der Waals surface area contributed by atoms with Gasteiger partial charge in [0.15, 0.2) is 0 Å². The number of carbonyl (C=O) groups is 1. The number of carbonyl (C=O) groups excluding carboxylic acids is 1.